The summed E-state index contributed by atoms with van der Waals surface area (Å²) in [4.78, 5) is 29.3. The second kappa shape index (κ2) is 9.28. The molecular formula is C21H23N3O3S2. The van der Waals surface area contributed by atoms with Crippen LogP contribution >= 0.6 is 23.1 Å². The molecule has 1 aromatic carbocycles. The van der Waals surface area contributed by atoms with Crippen LogP contribution in [0.2, 0.25) is 0 Å². The highest BCUT2D eigenvalue weighted by molar-refractivity contribution is 8.00. The molecule has 0 saturated carbocycles. The average molecular weight is 430 g/mol. The van der Waals surface area contributed by atoms with E-state index in [0.717, 1.165) is 32.5 Å². The van der Waals surface area contributed by atoms with Gasteiger partial charge in [-0.1, -0.05) is 29.5 Å². The van der Waals surface area contributed by atoms with Gasteiger partial charge >= 0.3 is 0 Å². The van der Waals surface area contributed by atoms with Crippen LogP contribution in [0.1, 0.15) is 22.5 Å². The molecule has 0 fully saturated rings. The molecule has 0 aliphatic carbocycles. The van der Waals surface area contributed by atoms with Crippen LogP contribution in [0, 0.1) is 20.8 Å². The molecular weight excluding hydrogens is 406 g/mol. The first kappa shape index (κ1) is 21.1. The van der Waals surface area contributed by atoms with Crippen molar-refractivity contribution in [3.8, 4) is 5.75 Å². The number of carbonyl (C=O) groups excluding carboxylic acids is 1. The number of nitrogens with zero attached hydrogens (tertiary/aromatic N) is 2. The van der Waals surface area contributed by atoms with Crippen LogP contribution in [0.25, 0.3) is 0 Å². The molecule has 2 heterocycles. The number of anilines is 1. The first-order chi connectivity index (χ1) is 13.9. The maximum absolute atomic E-state index is 12.7. The van der Waals surface area contributed by atoms with Gasteiger partial charge in [-0.05, 0) is 32.4 Å². The molecule has 0 bridgehead atoms. The van der Waals surface area contributed by atoms with Crippen molar-refractivity contribution in [2.24, 2.45) is 0 Å². The highest BCUT2D eigenvalue weighted by atomic mass is 32.2. The van der Waals surface area contributed by atoms with Gasteiger partial charge < -0.3 is 14.6 Å². The molecule has 3 rings (SSSR count). The smallest absolute Gasteiger partial charge is 0.244 e. The Kier molecular flexibility index (Phi) is 6.76. The Balaban J connectivity index is 1.80. The number of aryl methyl sites for hydroxylation is 3. The van der Waals surface area contributed by atoms with E-state index < -0.39 is 0 Å². The monoisotopic (exact) mass is 429 g/mol. The van der Waals surface area contributed by atoms with Gasteiger partial charge in [-0.15, -0.1) is 11.3 Å². The third-order valence-electron chi connectivity index (χ3n) is 4.31. The zero-order chi connectivity index (χ0) is 21.0. The van der Waals surface area contributed by atoms with E-state index in [2.05, 4.69) is 10.3 Å². The first-order valence-electron chi connectivity index (χ1n) is 9.05. The van der Waals surface area contributed by atoms with Gasteiger partial charge in [0.1, 0.15) is 10.9 Å². The number of carbonyl (C=O) groups is 1. The maximum atomic E-state index is 12.7. The summed E-state index contributed by atoms with van der Waals surface area (Å²) in [5, 5.41) is 4.93. The summed E-state index contributed by atoms with van der Waals surface area (Å²) in [6.07, 6.45) is 1.59. The molecule has 1 N–H and O–H groups in total. The summed E-state index contributed by atoms with van der Waals surface area (Å²) in [5.41, 5.74) is 4.43. The Bertz CT molecular complexity index is 1090. The second-order valence-corrected chi connectivity index (χ2v) is 8.82. The number of thioether (sulfide) groups is 1. The second-order valence-electron chi connectivity index (χ2n) is 6.74. The molecule has 0 spiro atoms. The minimum absolute atomic E-state index is 0.0801. The Morgan fingerprint density at radius 1 is 1.28 bits per heavy atom. The number of thiazole rings is 1. The highest BCUT2D eigenvalue weighted by Gasteiger charge is 2.13. The number of benzene rings is 1. The van der Waals surface area contributed by atoms with Gasteiger partial charge in [-0.3, -0.25) is 9.59 Å². The lowest BCUT2D eigenvalue weighted by atomic mass is 10.1. The molecule has 0 saturated heterocycles. The lowest BCUT2D eigenvalue weighted by Crippen LogP contribution is -2.23. The highest BCUT2D eigenvalue weighted by Crippen LogP contribution is 2.26. The van der Waals surface area contributed by atoms with E-state index in [1.54, 1.807) is 33.9 Å². The zero-order valence-electron chi connectivity index (χ0n) is 16.8. The number of hydrogen-bond acceptors (Lipinski definition) is 6. The van der Waals surface area contributed by atoms with Crippen LogP contribution in [0.5, 0.6) is 5.75 Å². The molecule has 0 aliphatic rings. The van der Waals surface area contributed by atoms with E-state index in [1.807, 2.05) is 44.4 Å². The van der Waals surface area contributed by atoms with Crippen molar-refractivity contribution in [3.63, 3.8) is 0 Å². The van der Waals surface area contributed by atoms with Crippen molar-refractivity contribution in [1.29, 1.82) is 0 Å². The van der Waals surface area contributed by atoms with Crippen molar-refractivity contribution in [2.75, 3.05) is 12.4 Å². The molecule has 3 aromatic rings. The van der Waals surface area contributed by atoms with Crippen molar-refractivity contribution < 1.29 is 9.53 Å². The van der Waals surface area contributed by atoms with Crippen LogP contribution in [0.15, 0.2) is 45.0 Å². The minimum atomic E-state index is -0.204. The molecule has 0 radical (unpaired) electrons. The largest absolute Gasteiger partial charge is 0.491 e. The van der Waals surface area contributed by atoms with Gasteiger partial charge in [0.05, 0.1) is 13.3 Å². The van der Waals surface area contributed by atoms with E-state index >= 15 is 0 Å². The van der Waals surface area contributed by atoms with Crippen LogP contribution in [-0.2, 0) is 17.1 Å². The Hall–Kier alpha value is -2.58. The van der Waals surface area contributed by atoms with Gasteiger partial charge in [0.2, 0.25) is 11.3 Å². The van der Waals surface area contributed by atoms with Gasteiger partial charge in [0, 0.05) is 34.3 Å². The third-order valence-corrected chi connectivity index (χ3v) is 6.49. The molecule has 29 heavy (non-hydrogen) atoms. The topological polar surface area (TPSA) is 73.2 Å². The molecule has 0 unspecified atom stereocenters. The molecule has 0 aliphatic heterocycles. The molecule has 152 valence electrons. The third kappa shape index (κ3) is 5.48. The van der Waals surface area contributed by atoms with Crippen molar-refractivity contribution in [2.45, 2.75) is 37.4 Å². The standard InChI is InChI=1S/C21H23N3O3S2/c1-13-5-6-17(14(2)7-13)23-20(26)10-24-9-19(27-4)18(25)8-16(24)12-29-21-22-15(3)11-28-21/h5-9,11H,10,12H2,1-4H3,(H,23,26). The SMILES string of the molecule is COc1cn(CC(=O)Nc2ccc(C)cc2C)c(CSc2nc(C)cs2)cc1=O. The number of methoxy groups -OCH3 is 1. The van der Waals surface area contributed by atoms with Crippen molar-refractivity contribution >= 4 is 34.7 Å². The predicted octanol–water partition coefficient (Wildman–Crippen LogP) is 4.17. The molecule has 0 atom stereocenters. The number of amides is 1. The molecule has 8 heteroatoms. The van der Waals surface area contributed by atoms with E-state index in [4.69, 9.17) is 4.74 Å². The van der Waals surface area contributed by atoms with Crippen molar-refractivity contribution in [1.82, 2.24) is 9.55 Å². The van der Waals surface area contributed by atoms with Gasteiger partial charge in [-0.2, -0.15) is 0 Å². The van der Waals surface area contributed by atoms with Gasteiger partial charge in [0.15, 0.2) is 5.75 Å². The molecule has 2 aromatic heterocycles. The van der Waals surface area contributed by atoms with Crippen LogP contribution in [-0.4, -0.2) is 22.6 Å². The lowest BCUT2D eigenvalue weighted by molar-refractivity contribution is -0.116. The van der Waals surface area contributed by atoms with E-state index in [0.29, 0.717) is 5.75 Å². The first-order valence-corrected chi connectivity index (χ1v) is 10.9. The fourth-order valence-electron chi connectivity index (χ4n) is 2.85. The van der Waals surface area contributed by atoms with E-state index in [1.165, 1.54) is 13.2 Å². The number of pyridine rings is 1. The Labute approximate surface area is 177 Å². The fraction of sp³-hybridized carbons (Fsp3) is 0.286. The summed E-state index contributed by atoms with van der Waals surface area (Å²) in [6, 6.07) is 7.41. The number of ether oxygens (including phenoxy) is 1. The van der Waals surface area contributed by atoms with Gasteiger partial charge in [0.25, 0.3) is 0 Å². The Morgan fingerprint density at radius 2 is 2.07 bits per heavy atom. The van der Waals surface area contributed by atoms with E-state index in [-0.39, 0.29) is 23.6 Å². The number of hydrogen-bond donors (Lipinski definition) is 1. The van der Waals surface area contributed by atoms with Crippen LogP contribution in [0.4, 0.5) is 5.69 Å². The average Bonchev–Trinajstić information content (AvgIpc) is 3.09. The maximum Gasteiger partial charge on any atom is 0.244 e. The van der Waals surface area contributed by atoms with Crippen LogP contribution in [0.3, 0.4) is 0 Å². The predicted molar refractivity (Wildman–Crippen MR) is 118 cm³/mol. The Morgan fingerprint density at radius 3 is 2.72 bits per heavy atom. The molecule has 1 amide bonds. The normalized spacial score (nSPS) is 10.8. The number of nitrogens with one attached hydrogen (secondary N) is 1. The summed E-state index contributed by atoms with van der Waals surface area (Å²) in [7, 11) is 1.45. The quantitative estimate of drug-likeness (QED) is 0.571. The molecule has 6 nitrogen and oxygen atoms in total. The lowest BCUT2D eigenvalue weighted by Gasteiger charge is -2.15. The number of aromatic nitrogens is 2. The summed E-state index contributed by atoms with van der Waals surface area (Å²) in [5.74, 6) is 0.574. The van der Waals surface area contributed by atoms with E-state index in [9.17, 15) is 9.59 Å². The fourth-order valence-corrected chi connectivity index (χ4v) is 4.69. The van der Waals surface area contributed by atoms with Crippen LogP contribution < -0.4 is 15.5 Å². The minimum Gasteiger partial charge on any atom is -0.491 e. The van der Waals surface area contributed by atoms with Gasteiger partial charge in [-0.25, -0.2) is 4.98 Å². The van der Waals surface area contributed by atoms with Crippen molar-refractivity contribution in [3.05, 3.63) is 68.6 Å². The summed E-state index contributed by atoms with van der Waals surface area (Å²) >= 11 is 3.11. The number of rotatable bonds is 7. The summed E-state index contributed by atoms with van der Waals surface area (Å²) < 4.78 is 7.84. The summed E-state index contributed by atoms with van der Waals surface area (Å²) in [6.45, 7) is 6.00. The zero-order valence-corrected chi connectivity index (χ0v) is 18.4.